The lowest BCUT2D eigenvalue weighted by molar-refractivity contribution is 0.157. The van der Waals surface area contributed by atoms with E-state index < -0.39 is 0 Å². The van der Waals surface area contributed by atoms with E-state index in [-0.39, 0.29) is 0 Å². The van der Waals surface area contributed by atoms with Gasteiger partial charge in [0, 0.05) is 31.9 Å². The van der Waals surface area contributed by atoms with E-state index in [9.17, 15) is 0 Å². The minimum absolute atomic E-state index is 0.602. The molecule has 1 aliphatic rings. The van der Waals surface area contributed by atoms with Crippen LogP contribution in [0.3, 0.4) is 0 Å². The molecule has 6 nitrogen and oxygen atoms in total. The van der Waals surface area contributed by atoms with Crippen LogP contribution in [0.4, 0.5) is 5.82 Å². The first-order valence-electron chi connectivity index (χ1n) is 9.94. The second-order valence-corrected chi connectivity index (χ2v) is 7.74. The molecular formula is C22H27N5O. The Morgan fingerprint density at radius 1 is 1.18 bits per heavy atom. The monoisotopic (exact) mass is 377 g/mol. The summed E-state index contributed by atoms with van der Waals surface area (Å²) >= 11 is 0. The standard InChI is InChI=1S/C22H27N5O/c1-17-7-6-12-27(14-17)16-21-24-22(25-28-21)19-10-11-20(23-13-19)26(2)15-18-8-4-3-5-9-18/h3-5,8-11,13,17H,6-7,12,14-16H2,1-2H3/t17-/m1/s1. The van der Waals surface area contributed by atoms with Gasteiger partial charge in [-0.05, 0) is 43.0 Å². The molecule has 6 heteroatoms. The minimum Gasteiger partial charge on any atom is -0.355 e. The average Bonchev–Trinajstić information content (AvgIpc) is 3.17. The lowest BCUT2D eigenvalue weighted by Gasteiger charge is -2.29. The fourth-order valence-electron chi connectivity index (χ4n) is 3.74. The maximum absolute atomic E-state index is 5.47. The average molecular weight is 377 g/mol. The number of hydrogen-bond donors (Lipinski definition) is 0. The van der Waals surface area contributed by atoms with Crippen LogP contribution in [0.15, 0.2) is 53.2 Å². The predicted molar refractivity (Wildman–Crippen MR) is 110 cm³/mol. The lowest BCUT2D eigenvalue weighted by Crippen LogP contribution is -2.33. The highest BCUT2D eigenvalue weighted by molar-refractivity contribution is 5.55. The van der Waals surface area contributed by atoms with Crippen LogP contribution in [0.1, 0.15) is 31.2 Å². The number of rotatable bonds is 6. The van der Waals surface area contributed by atoms with Gasteiger partial charge in [0.15, 0.2) is 0 Å². The van der Waals surface area contributed by atoms with Crippen LogP contribution < -0.4 is 4.90 Å². The molecule has 1 fully saturated rings. The van der Waals surface area contributed by atoms with E-state index in [0.717, 1.165) is 43.5 Å². The van der Waals surface area contributed by atoms with Crippen molar-refractivity contribution >= 4 is 5.82 Å². The highest BCUT2D eigenvalue weighted by atomic mass is 16.5. The molecule has 3 aromatic rings. The Labute approximate surface area is 166 Å². The fraction of sp³-hybridized carbons (Fsp3) is 0.409. The summed E-state index contributed by atoms with van der Waals surface area (Å²) in [6.45, 7) is 6.04. The molecule has 0 saturated carbocycles. The van der Waals surface area contributed by atoms with Crippen LogP contribution in [-0.4, -0.2) is 40.2 Å². The van der Waals surface area contributed by atoms with Crippen molar-refractivity contribution in [2.24, 2.45) is 5.92 Å². The van der Waals surface area contributed by atoms with Crippen LogP contribution in [0.2, 0.25) is 0 Å². The zero-order chi connectivity index (χ0) is 19.3. The van der Waals surface area contributed by atoms with Crippen LogP contribution in [0.25, 0.3) is 11.4 Å². The summed E-state index contributed by atoms with van der Waals surface area (Å²) < 4.78 is 5.47. The quantitative estimate of drug-likeness (QED) is 0.647. The molecule has 28 heavy (non-hydrogen) atoms. The van der Waals surface area contributed by atoms with Crippen molar-refractivity contribution in [3.05, 3.63) is 60.1 Å². The van der Waals surface area contributed by atoms with Crippen LogP contribution in [0, 0.1) is 5.92 Å². The number of pyridine rings is 1. The van der Waals surface area contributed by atoms with Crippen LogP contribution in [-0.2, 0) is 13.1 Å². The molecule has 1 aliphatic heterocycles. The largest absolute Gasteiger partial charge is 0.355 e. The van der Waals surface area contributed by atoms with E-state index in [0.29, 0.717) is 11.7 Å². The first-order valence-corrected chi connectivity index (χ1v) is 9.94. The summed E-state index contributed by atoms with van der Waals surface area (Å²) in [5, 5.41) is 4.15. The second kappa shape index (κ2) is 8.52. The molecule has 0 unspecified atom stereocenters. The molecule has 0 aliphatic carbocycles. The first-order chi connectivity index (χ1) is 13.7. The molecule has 0 N–H and O–H groups in total. The molecular weight excluding hydrogens is 350 g/mol. The molecule has 0 spiro atoms. The van der Waals surface area contributed by atoms with Crippen molar-refractivity contribution in [2.45, 2.75) is 32.9 Å². The van der Waals surface area contributed by atoms with Gasteiger partial charge in [-0.2, -0.15) is 4.98 Å². The van der Waals surface area contributed by atoms with Crippen molar-refractivity contribution in [1.29, 1.82) is 0 Å². The molecule has 1 aromatic carbocycles. The number of piperidine rings is 1. The number of aromatic nitrogens is 3. The highest BCUT2D eigenvalue weighted by Crippen LogP contribution is 2.21. The summed E-state index contributed by atoms with van der Waals surface area (Å²) in [5.41, 5.74) is 2.13. The summed E-state index contributed by atoms with van der Waals surface area (Å²) in [4.78, 5) is 13.7. The molecule has 1 saturated heterocycles. The Bertz CT molecular complexity index is 877. The van der Waals surface area contributed by atoms with E-state index in [2.05, 4.69) is 56.1 Å². The van der Waals surface area contributed by atoms with Gasteiger partial charge in [-0.1, -0.05) is 42.4 Å². The SMILES string of the molecule is C[C@@H]1CCCN(Cc2nc(-c3ccc(N(C)Cc4ccccc4)nc3)no2)C1. The lowest BCUT2D eigenvalue weighted by atomic mass is 10.0. The Morgan fingerprint density at radius 2 is 2.04 bits per heavy atom. The smallest absolute Gasteiger partial charge is 0.241 e. The normalized spacial score (nSPS) is 17.6. The summed E-state index contributed by atoms with van der Waals surface area (Å²) in [5.74, 6) is 2.93. The fourth-order valence-corrected chi connectivity index (χ4v) is 3.74. The molecule has 0 amide bonds. The summed E-state index contributed by atoms with van der Waals surface area (Å²) in [7, 11) is 2.04. The van der Waals surface area contributed by atoms with Crippen LogP contribution in [0.5, 0.6) is 0 Å². The molecule has 3 heterocycles. The topological polar surface area (TPSA) is 58.3 Å². The van der Waals surface area contributed by atoms with Crippen molar-refractivity contribution in [3.63, 3.8) is 0 Å². The van der Waals surface area contributed by atoms with Crippen molar-refractivity contribution in [1.82, 2.24) is 20.0 Å². The van der Waals surface area contributed by atoms with E-state index in [4.69, 9.17) is 4.52 Å². The van der Waals surface area contributed by atoms with Gasteiger partial charge in [0.25, 0.3) is 0 Å². The van der Waals surface area contributed by atoms with E-state index in [1.54, 1.807) is 0 Å². The zero-order valence-electron chi connectivity index (χ0n) is 16.6. The number of benzene rings is 1. The van der Waals surface area contributed by atoms with Gasteiger partial charge in [0.2, 0.25) is 11.7 Å². The summed E-state index contributed by atoms with van der Waals surface area (Å²) in [6, 6.07) is 14.4. The number of likely N-dealkylation sites (tertiary alicyclic amines) is 1. The van der Waals surface area contributed by atoms with E-state index in [1.165, 1.54) is 18.4 Å². The third kappa shape index (κ3) is 4.57. The van der Waals surface area contributed by atoms with Gasteiger partial charge in [-0.3, -0.25) is 4.90 Å². The van der Waals surface area contributed by atoms with Gasteiger partial charge < -0.3 is 9.42 Å². The van der Waals surface area contributed by atoms with Gasteiger partial charge in [-0.15, -0.1) is 0 Å². The van der Waals surface area contributed by atoms with Gasteiger partial charge in [-0.25, -0.2) is 4.98 Å². The van der Waals surface area contributed by atoms with Crippen molar-refractivity contribution in [3.8, 4) is 11.4 Å². The Hall–Kier alpha value is -2.73. The van der Waals surface area contributed by atoms with E-state index in [1.807, 2.05) is 31.4 Å². The van der Waals surface area contributed by atoms with Gasteiger partial charge in [0.1, 0.15) is 5.82 Å². The molecule has 146 valence electrons. The third-order valence-electron chi connectivity index (χ3n) is 5.23. The highest BCUT2D eigenvalue weighted by Gasteiger charge is 2.19. The number of hydrogen-bond acceptors (Lipinski definition) is 6. The van der Waals surface area contributed by atoms with Crippen LogP contribution >= 0.6 is 0 Å². The number of anilines is 1. The second-order valence-electron chi connectivity index (χ2n) is 7.74. The Kier molecular flexibility index (Phi) is 5.67. The minimum atomic E-state index is 0.602. The Balaban J connectivity index is 1.39. The third-order valence-corrected chi connectivity index (χ3v) is 5.23. The zero-order valence-corrected chi connectivity index (χ0v) is 16.6. The van der Waals surface area contributed by atoms with Gasteiger partial charge in [0.05, 0.1) is 6.54 Å². The molecule has 0 bridgehead atoms. The Morgan fingerprint density at radius 3 is 2.79 bits per heavy atom. The molecule has 2 aromatic heterocycles. The molecule has 4 rings (SSSR count). The maximum Gasteiger partial charge on any atom is 0.241 e. The van der Waals surface area contributed by atoms with E-state index >= 15 is 0 Å². The van der Waals surface area contributed by atoms with Gasteiger partial charge >= 0.3 is 0 Å². The maximum atomic E-state index is 5.47. The first kappa shape index (κ1) is 18.6. The summed E-state index contributed by atoms with van der Waals surface area (Å²) in [6.07, 6.45) is 4.36. The molecule has 0 radical (unpaired) electrons. The number of nitrogens with zero attached hydrogens (tertiary/aromatic N) is 5. The van der Waals surface area contributed by atoms with Crippen molar-refractivity contribution < 1.29 is 4.52 Å². The van der Waals surface area contributed by atoms with Crippen molar-refractivity contribution in [2.75, 3.05) is 25.0 Å². The predicted octanol–water partition coefficient (Wildman–Crippen LogP) is 4.00. The molecule has 1 atom stereocenters.